The number of ether oxygens (including phenoxy) is 3. The van der Waals surface area contributed by atoms with Crippen LogP contribution in [-0.2, 0) is 55.8 Å². The van der Waals surface area contributed by atoms with Crippen molar-refractivity contribution in [2.45, 2.75) is 257 Å². The minimum Gasteiger partial charge on any atom is -0.463 e. The van der Waals surface area contributed by atoms with Crippen LogP contribution in [0.5, 0.6) is 0 Å². The van der Waals surface area contributed by atoms with Crippen LogP contribution < -0.4 is 0 Å². The second-order valence-electron chi connectivity index (χ2n) is 23.9. The van der Waals surface area contributed by atoms with Crippen molar-refractivity contribution < 1.29 is 75.8 Å². The van der Waals surface area contributed by atoms with Crippen molar-refractivity contribution in [1.29, 1.82) is 0 Å². The van der Waals surface area contributed by atoms with Gasteiger partial charge >= 0.3 is 33.6 Å². The standard InChI is InChI=1S/C83H130O16P2/c1-4-7-10-13-16-19-22-25-28-31-33-35-37-38-40-42-43-46-48-51-54-57-60-63-66-69-81(86)93-72-78(84)73-95-100(89,90)96-74-79(85)75-97-101(91,92)98-77-80(99-83(88)71-68-65-62-59-56-53-50-45-30-27-24-21-18-15-12-9-6-3)76-94-82(87)70-67-64-61-58-55-52-49-47-44-41-39-36-34-32-29-26-23-20-17-14-11-8-5-2/h7-12,16-21,25-30,33-36,38,40-41,43-44,46,49-50,52-53,59,62,78-80,84-85H,4-6,13-15,22-24,31-32,37,39,42,45,47-48,51,54-58,60-61,63-77H2,1-3H3,(H,89,90)(H,91,92)/b10-7-,11-8-,12-9-,19-16-,20-17-,21-18-,28-25-,29-26-,30-27-,35-33-,36-34-,40-38-,44-41-,46-43-,52-49-,53-50-,62-59-. The summed E-state index contributed by atoms with van der Waals surface area (Å²) < 4.78 is 61.0. The molecule has 568 valence electrons. The number of carbonyl (C=O) groups excluding carboxylic acids is 3. The van der Waals surface area contributed by atoms with Gasteiger partial charge in [-0.05, 0) is 161 Å². The van der Waals surface area contributed by atoms with E-state index in [0.29, 0.717) is 25.7 Å². The second-order valence-corrected chi connectivity index (χ2v) is 26.9. The Morgan fingerprint density at radius 1 is 0.277 bits per heavy atom. The molecule has 0 aliphatic rings. The van der Waals surface area contributed by atoms with Gasteiger partial charge in [-0.25, -0.2) is 9.13 Å². The molecule has 0 rings (SSSR count). The van der Waals surface area contributed by atoms with Crippen molar-refractivity contribution >= 4 is 33.6 Å². The first-order chi connectivity index (χ1) is 49.2. The van der Waals surface area contributed by atoms with Gasteiger partial charge in [-0.2, -0.15) is 0 Å². The van der Waals surface area contributed by atoms with Crippen molar-refractivity contribution in [2.75, 3.05) is 39.6 Å². The number of rotatable bonds is 68. The zero-order chi connectivity index (χ0) is 73.7. The fourth-order valence-corrected chi connectivity index (χ4v) is 10.5. The fraction of sp³-hybridized carbons (Fsp3) is 0.554. The summed E-state index contributed by atoms with van der Waals surface area (Å²) in [6, 6.07) is 0. The van der Waals surface area contributed by atoms with Gasteiger partial charge in [0.15, 0.2) is 6.10 Å². The maximum atomic E-state index is 12.9. The zero-order valence-electron chi connectivity index (χ0n) is 61.7. The summed E-state index contributed by atoms with van der Waals surface area (Å²) in [5, 5.41) is 20.6. The Labute approximate surface area is 609 Å². The zero-order valence-corrected chi connectivity index (χ0v) is 63.5. The molecule has 101 heavy (non-hydrogen) atoms. The molecule has 0 spiro atoms. The molecule has 0 fully saturated rings. The van der Waals surface area contributed by atoms with Gasteiger partial charge in [-0.1, -0.05) is 266 Å². The van der Waals surface area contributed by atoms with E-state index in [4.69, 9.17) is 32.3 Å². The Bertz CT molecular complexity index is 2660. The number of allylic oxidation sites excluding steroid dienone is 34. The SMILES string of the molecule is CC/C=C\C/C=C\C/C=C\C/C=C\C/C=C\C/C=C\CCCCCCCCC(=O)OCC(O)COP(=O)(O)OCC(O)COP(=O)(O)OCC(COC(=O)CCCCCC/C=C\C/C=C\C/C=C\C/C=C\C/C=C\C/C=C\CC)OC(=O)CCC/C=C\C/C=C\C/C=C\C/C=C\C/C=C\CC. The van der Waals surface area contributed by atoms with Gasteiger partial charge < -0.3 is 34.2 Å². The van der Waals surface area contributed by atoms with Gasteiger partial charge in [0, 0.05) is 19.3 Å². The highest BCUT2D eigenvalue weighted by Crippen LogP contribution is 2.45. The highest BCUT2D eigenvalue weighted by Gasteiger charge is 2.29. The van der Waals surface area contributed by atoms with Crippen molar-refractivity contribution in [3.63, 3.8) is 0 Å². The van der Waals surface area contributed by atoms with Gasteiger partial charge in [0.1, 0.15) is 25.4 Å². The van der Waals surface area contributed by atoms with Gasteiger partial charge in [-0.15, -0.1) is 0 Å². The third-order valence-corrected chi connectivity index (χ3v) is 16.4. The van der Waals surface area contributed by atoms with Gasteiger partial charge in [0.2, 0.25) is 0 Å². The molecule has 5 unspecified atom stereocenters. The Morgan fingerprint density at radius 3 is 0.812 bits per heavy atom. The lowest BCUT2D eigenvalue weighted by molar-refractivity contribution is -0.161. The molecular formula is C83H130O16P2. The summed E-state index contributed by atoms with van der Waals surface area (Å²) in [4.78, 5) is 58.6. The molecule has 0 saturated carbocycles. The normalized spacial score (nSPS) is 15.2. The second kappa shape index (κ2) is 73.9. The lowest BCUT2D eigenvalue weighted by atomic mass is 10.1. The number of carbonyl (C=O) groups is 3. The van der Waals surface area contributed by atoms with Crippen molar-refractivity contribution in [2.24, 2.45) is 0 Å². The molecule has 0 saturated heterocycles. The van der Waals surface area contributed by atoms with E-state index in [1.165, 1.54) is 0 Å². The first kappa shape index (κ1) is 95.1. The molecule has 0 aliphatic heterocycles. The van der Waals surface area contributed by atoms with Gasteiger partial charge in [0.25, 0.3) is 0 Å². The Kier molecular flexibility index (Phi) is 69.6. The highest BCUT2D eigenvalue weighted by atomic mass is 31.2. The average Bonchev–Trinajstić information content (AvgIpc) is 0.946. The predicted molar refractivity (Wildman–Crippen MR) is 417 cm³/mol. The summed E-state index contributed by atoms with van der Waals surface area (Å²) >= 11 is 0. The molecule has 5 atom stereocenters. The van der Waals surface area contributed by atoms with Crippen LogP contribution in [0.4, 0.5) is 0 Å². The number of aliphatic hydroxyl groups is 2. The third-order valence-electron chi connectivity index (χ3n) is 14.5. The maximum absolute atomic E-state index is 12.9. The molecule has 0 bridgehead atoms. The first-order valence-electron chi connectivity index (χ1n) is 37.4. The number of aliphatic hydroxyl groups excluding tert-OH is 2. The smallest absolute Gasteiger partial charge is 0.463 e. The Hall–Kier alpha value is -5.87. The maximum Gasteiger partial charge on any atom is 0.472 e. The molecule has 4 N–H and O–H groups in total. The van der Waals surface area contributed by atoms with Crippen LogP contribution >= 0.6 is 15.6 Å². The molecule has 0 aromatic heterocycles. The van der Waals surface area contributed by atoms with Gasteiger partial charge in [-0.3, -0.25) is 32.5 Å². The van der Waals surface area contributed by atoms with E-state index >= 15 is 0 Å². The summed E-state index contributed by atoms with van der Waals surface area (Å²) in [5.41, 5.74) is 0. The number of hydrogen-bond acceptors (Lipinski definition) is 14. The van der Waals surface area contributed by atoms with E-state index in [9.17, 15) is 43.5 Å². The quantitative estimate of drug-likeness (QED) is 0.0146. The molecule has 0 radical (unpaired) electrons. The molecule has 0 aromatic rings. The molecule has 0 aliphatic carbocycles. The van der Waals surface area contributed by atoms with E-state index in [1.807, 2.05) is 12.2 Å². The van der Waals surface area contributed by atoms with E-state index in [2.05, 4.69) is 215 Å². The van der Waals surface area contributed by atoms with E-state index in [-0.39, 0.29) is 19.3 Å². The molecular weight excluding hydrogens is 1310 g/mol. The van der Waals surface area contributed by atoms with Crippen LogP contribution in [0.2, 0.25) is 0 Å². The first-order valence-corrected chi connectivity index (χ1v) is 40.4. The Balaban J connectivity index is 4.76. The van der Waals surface area contributed by atoms with Crippen LogP contribution in [0, 0.1) is 0 Å². The monoisotopic (exact) mass is 1440 g/mol. The average molecular weight is 1450 g/mol. The minimum absolute atomic E-state index is 0.0104. The van der Waals surface area contributed by atoms with Crippen molar-refractivity contribution in [3.8, 4) is 0 Å². The summed E-state index contributed by atoms with van der Waals surface area (Å²) in [7, 11) is -9.84. The number of unbranched alkanes of at least 4 members (excludes halogenated alkanes) is 11. The number of phosphoric ester groups is 2. The largest absolute Gasteiger partial charge is 0.472 e. The molecule has 0 aromatic carbocycles. The summed E-state index contributed by atoms with van der Waals surface area (Å²) in [6.07, 6.45) is 97.3. The van der Waals surface area contributed by atoms with Crippen molar-refractivity contribution in [1.82, 2.24) is 0 Å². The van der Waals surface area contributed by atoms with Crippen LogP contribution in [0.1, 0.15) is 239 Å². The van der Waals surface area contributed by atoms with E-state index < -0.39 is 91.5 Å². The lowest BCUT2D eigenvalue weighted by Gasteiger charge is -2.21. The van der Waals surface area contributed by atoms with E-state index in [0.717, 1.165) is 173 Å². The van der Waals surface area contributed by atoms with Crippen molar-refractivity contribution in [3.05, 3.63) is 207 Å². The minimum atomic E-state index is -4.96. The summed E-state index contributed by atoms with van der Waals surface area (Å²) in [5.74, 6) is -1.71. The number of esters is 3. The molecule has 0 heterocycles. The van der Waals surface area contributed by atoms with Gasteiger partial charge in [0.05, 0.1) is 26.4 Å². The van der Waals surface area contributed by atoms with Crippen LogP contribution in [-0.4, -0.2) is 95.9 Å². The molecule has 18 heteroatoms. The predicted octanol–water partition coefficient (Wildman–Crippen LogP) is 21.8. The molecule has 16 nitrogen and oxygen atoms in total. The number of hydrogen-bond donors (Lipinski definition) is 4. The third kappa shape index (κ3) is 75.1. The fourth-order valence-electron chi connectivity index (χ4n) is 8.90. The lowest BCUT2D eigenvalue weighted by Crippen LogP contribution is -2.30. The molecule has 0 amide bonds. The highest BCUT2D eigenvalue weighted by molar-refractivity contribution is 7.47. The Morgan fingerprint density at radius 2 is 0.505 bits per heavy atom. The number of phosphoric acid groups is 2. The van der Waals surface area contributed by atoms with Crippen LogP contribution in [0.25, 0.3) is 0 Å². The van der Waals surface area contributed by atoms with Crippen LogP contribution in [0.15, 0.2) is 207 Å². The topological polar surface area (TPSA) is 231 Å². The van der Waals surface area contributed by atoms with E-state index in [1.54, 1.807) is 0 Å². The van der Waals surface area contributed by atoms with Crippen LogP contribution in [0.3, 0.4) is 0 Å². The summed E-state index contributed by atoms with van der Waals surface area (Å²) in [6.45, 7) is 2.17.